The fourth-order valence-corrected chi connectivity index (χ4v) is 4.22. The monoisotopic (exact) mass is 435 g/mol. The molecule has 1 fully saturated rings. The minimum Gasteiger partial charge on any atom is -0.347 e. The second kappa shape index (κ2) is 7.91. The zero-order chi connectivity index (χ0) is 23.1. The van der Waals surface area contributed by atoms with Crippen molar-refractivity contribution >= 4 is 46.2 Å². The fraction of sp³-hybridized carbons (Fsp3) is 0.0741. The van der Waals surface area contributed by atoms with Crippen molar-refractivity contribution < 1.29 is 14.4 Å². The highest BCUT2D eigenvalue weighted by atomic mass is 16.2. The van der Waals surface area contributed by atoms with Gasteiger partial charge in [-0.05, 0) is 43.3 Å². The Kier molecular flexibility index (Phi) is 4.90. The summed E-state index contributed by atoms with van der Waals surface area (Å²) in [6, 6.07) is 24.4. The summed E-state index contributed by atoms with van der Waals surface area (Å²) in [7, 11) is 1.94. The number of amides is 4. The number of aryl methyl sites for hydroxylation is 1. The average molecular weight is 435 g/mol. The van der Waals surface area contributed by atoms with Crippen LogP contribution in [0.15, 0.2) is 90.5 Å². The van der Waals surface area contributed by atoms with Crippen LogP contribution in [-0.2, 0) is 16.6 Å². The maximum absolute atomic E-state index is 13.6. The van der Waals surface area contributed by atoms with E-state index in [4.69, 9.17) is 0 Å². The first kappa shape index (κ1) is 20.5. The first-order valence-corrected chi connectivity index (χ1v) is 10.6. The average Bonchev–Trinajstić information content (AvgIpc) is 3.08. The van der Waals surface area contributed by atoms with Crippen LogP contribution in [0.1, 0.15) is 11.3 Å². The highest BCUT2D eigenvalue weighted by Crippen LogP contribution is 2.32. The lowest BCUT2D eigenvalue weighted by Gasteiger charge is -2.33. The number of fused-ring (bicyclic) bond motifs is 1. The van der Waals surface area contributed by atoms with E-state index in [9.17, 15) is 14.4 Å². The quantitative estimate of drug-likeness (QED) is 0.333. The van der Waals surface area contributed by atoms with Gasteiger partial charge in [-0.2, -0.15) is 0 Å². The van der Waals surface area contributed by atoms with Gasteiger partial charge in [-0.1, -0.05) is 54.6 Å². The van der Waals surface area contributed by atoms with Gasteiger partial charge in [0.2, 0.25) is 0 Å². The topological polar surface area (TPSA) is 62.6 Å². The summed E-state index contributed by atoms with van der Waals surface area (Å²) in [5, 5.41) is 0.931. The Hall–Kier alpha value is -4.45. The van der Waals surface area contributed by atoms with E-state index in [2.05, 4.69) is 0 Å². The second-order valence-electron chi connectivity index (χ2n) is 7.87. The van der Waals surface area contributed by atoms with Gasteiger partial charge in [0.1, 0.15) is 5.57 Å². The van der Waals surface area contributed by atoms with Crippen molar-refractivity contribution in [2.75, 3.05) is 9.80 Å². The normalized spacial score (nSPS) is 14.4. The molecule has 33 heavy (non-hydrogen) atoms. The molecule has 4 aromatic rings. The van der Waals surface area contributed by atoms with Crippen molar-refractivity contribution in [3.63, 3.8) is 0 Å². The summed E-state index contributed by atoms with van der Waals surface area (Å²) >= 11 is 0. The van der Waals surface area contributed by atoms with Gasteiger partial charge in [-0.15, -0.1) is 0 Å². The van der Waals surface area contributed by atoms with E-state index in [0.717, 1.165) is 32.0 Å². The predicted octanol–water partition coefficient (Wildman–Crippen LogP) is 5.07. The third kappa shape index (κ3) is 3.24. The molecule has 3 aromatic carbocycles. The lowest BCUT2D eigenvalue weighted by molar-refractivity contribution is -0.121. The van der Waals surface area contributed by atoms with Crippen LogP contribution in [0.4, 0.5) is 16.2 Å². The largest absolute Gasteiger partial charge is 0.347 e. The molecule has 0 saturated carbocycles. The maximum atomic E-state index is 13.6. The van der Waals surface area contributed by atoms with Crippen LogP contribution < -0.4 is 9.80 Å². The molecule has 2 heterocycles. The zero-order valence-electron chi connectivity index (χ0n) is 18.2. The molecule has 0 aliphatic carbocycles. The molecule has 5 rings (SSSR count). The molecule has 1 aromatic heterocycles. The minimum atomic E-state index is -0.700. The van der Waals surface area contributed by atoms with Gasteiger partial charge < -0.3 is 4.57 Å². The van der Waals surface area contributed by atoms with Gasteiger partial charge >= 0.3 is 6.03 Å². The number of imide groups is 2. The van der Waals surface area contributed by atoms with E-state index in [1.54, 1.807) is 66.7 Å². The van der Waals surface area contributed by atoms with Crippen molar-refractivity contribution in [1.29, 1.82) is 0 Å². The van der Waals surface area contributed by atoms with Gasteiger partial charge in [-0.25, -0.2) is 14.6 Å². The van der Waals surface area contributed by atoms with Gasteiger partial charge in [-0.3, -0.25) is 9.59 Å². The SMILES string of the molecule is Cc1c(C=C2C(=O)N(c3ccccc3)C(=O)N(c3ccccc3)C2=O)c2ccccc2n1C. The van der Waals surface area contributed by atoms with E-state index >= 15 is 0 Å². The van der Waals surface area contributed by atoms with Crippen molar-refractivity contribution in [3.05, 3.63) is 102 Å². The van der Waals surface area contributed by atoms with Crippen molar-refractivity contribution in [3.8, 4) is 0 Å². The summed E-state index contributed by atoms with van der Waals surface area (Å²) in [6.45, 7) is 1.94. The van der Waals surface area contributed by atoms with E-state index in [1.807, 2.05) is 42.8 Å². The number of benzene rings is 3. The molecule has 6 heteroatoms. The predicted molar refractivity (Wildman–Crippen MR) is 129 cm³/mol. The van der Waals surface area contributed by atoms with Crippen LogP contribution in [0.3, 0.4) is 0 Å². The standard InChI is InChI=1S/C27H21N3O3/c1-18-22(21-15-9-10-16-24(21)28(18)2)17-23-25(31)29(19-11-5-3-6-12-19)27(33)30(26(23)32)20-13-7-4-8-14-20/h3-17H,1-2H3. The molecule has 0 atom stereocenters. The summed E-state index contributed by atoms with van der Waals surface area (Å²) in [5.74, 6) is -1.29. The summed E-state index contributed by atoms with van der Waals surface area (Å²) < 4.78 is 2.02. The number of nitrogens with zero attached hydrogens (tertiary/aromatic N) is 3. The molecule has 0 radical (unpaired) electrons. The molecule has 4 amide bonds. The molecular weight excluding hydrogens is 414 g/mol. The molecule has 0 unspecified atom stereocenters. The molecule has 1 aliphatic heterocycles. The molecule has 1 saturated heterocycles. The van der Waals surface area contributed by atoms with Crippen molar-refractivity contribution in [1.82, 2.24) is 4.57 Å². The number of anilines is 2. The van der Waals surface area contributed by atoms with Crippen LogP contribution in [0.2, 0.25) is 0 Å². The molecule has 0 spiro atoms. The Morgan fingerprint density at radius 3 is 1.70 bits per heavy atom. The summed E-state index contributed by atoms with van der Waals surface area (Å²) in [4.78, 5) is 42.6. The minimum absolute atomic E-state index is 0.0678. The number of carbonyl (C=O) groups is 3. The first-order chi connectivity index (χ1) is 16.0. The third-order valence-corrected chi connectivity index (χ3v) is 6.02. The van der Waals surface area contributed by atoms with Gasteiger partial charge in [0.25, 0.3) is 11.8 Å². The van der Waals surface area contributed by atoms with E-state index in [1.165, 1.54) is 0 Å². The number of carbonyl (C=O) groups excluding carboxylic acids is 3. The first-order valence-electron chi connectivity index (χ1n) is 10.6. The molecule has 6 nitrogen and oxygen atoms in total. The molecule has 0 N–H and O–H groups in total. The number of rotatable bonds is 3. The molecule has 1 aliphatic rings. The van der Waals surface area contributed by atoms with Crippen LogP contribution in [-0.4, -0.2) is 22.4 Å². The smallest absolute Gasteiger partial charge is 0.343 e. The molecular formula is C27H21N3O3. The third-order valence-electron chi connectivity index (χ3n) is 6.02. The lowest BCUT2D eigenvalue weighted by atomic mass is 10.0. The highest BCUT2D eigenvalue weighted by Gasteiger charge is 2.43. The van der Waals surface area contributed by atoms with Crippen LogP contribution in [0, 0.1) is 6.92 Å². The van der Waals surface area contributed by atoms with Gasteiger partial charge in [0, 0.05) is 29.2 Å². The van der Waals surface area contributed by atoms with Crippen LogP contribution in [0.5, 0.6) is 0 Å². The molecule has 0 bridgehead atoms. The Balaban J connectivity index is 1.73. The van der Waals surface area contributed by atoms with E-state index < -0.39 is 17.8 Å². The number of para-hydroxylation sites is 3. The van der Waals surface area contributed by atoms with Gasteiger partial charge in [0.15, 0.2) is 0 Å². The van der Waals surface area contributed by atoms with Crippen molar-refractivity contribution in [2.24, 2.45) is 7.05 Å². The zero-order valence-corrected chi connectivity index (χ0v) is 18.2. The van der Waals surface area contributed by atoms with Crippen LogP contribution in [0.25, 0.3) is 17.0 Å². The Morgan fingerprint density at radius 2 is 1.15 bits per heavy atom. The highest BCUT2D eigenvalue weighted by molar-refractivity contribution is 6.46. The second-order valence-corrected chi connectivity index (χ2v) is 7.87. The fourth-order valence-electron chi connectivity index (χ4n) is 4.22. The van der Waals surface area contributed by atoms with Gasteiger partial charge in [0.05, 0.1) is 11.4 Å². The Labute approximate surface area is 191 Å². The van der Waals surface area contributed by atoms with Crippen molar-refractivity contribution in [2.45, 2.75) is 6.92 Å². The number of urea groups is 1. The maximum Gasteiger partial charge on any atom is 0.343 e. The number of aromatic nitrogens is 1. The number of hydrogen-bond acceptors (Lipinski definition) is 3. The van der Waals surface area contributed by atoms with E-state index in [0.29, 0.717) is 11.4 Å². The van der Waals surface area contributed by atoms with Crippen LogP contribution >= 0.6 is 0 Å². The summed E-state index contributed by atoms with van der Waals surface area (Å²) in [6.07, 6.45) is 1.61. The number of hydrogen-bond donors (Lipinski definition) is 0. The number of barbiturate groups is 1. The Bertz CT molecular complexity index is 1370. The van der Waals surface area contributed by atoms with E-state index in [-0.39, 0.29) is 5.57 Å². The molecule has 162 valence electrons. The lowest BCUT2D eigenvalue weighted by Crippen LogP contribution is -2.57. The Morgan fingerprint density at radius 1 is 0.667 bits per heavy atom. The summed E-state index contributed by atoms with van der Waals surface area (Å²) in [5.41, 5.74) is 3.43.